The first-order valence-corrected chi connectivity index (χ1v) is 9.28. The molecule has 0 aromatic heterocycles. The van der Waals surface area contributed by atoms with Gasteiger partial charge < -0.3 is 20.7 Å². The molecule has 0 saturated heterocycles. The summed E-state index contributed by atoms with van der Waals surface area (Å²) < 4.78 is 41.0. The van der Waals surface area contributed by atoms with Gasteiger partial charge in [-0.25, -0.2) is 0 Å². The number of nitrogens with one attached hydrogen (secondary N) is 3. The molecular formula is C21H25F3N4O2. The van der Waals surface area contributed by atoms with Crippen molar-refractivity contribution in [3.63, 3.8) is 0 Å². The summed E-state index contributed by atoms with van der Waals surface area (Å²) in [7, 11) is 3.23. The van der Waals surface area contributed by atoms with Crippen LogP contribution >= 0.6 is 0 Å². The average Bonchev–Trinajstić information content (AvgIpc) is 2.73. The van der Waals surface area contributed by atoms with Crippen LogP contribution in [0.3, 0.4) is 0 Å². The second kappa shape index (κ2) is 11.2. The van der Waals surface area contributed by atoms with Crippen LogP contribution in [0.25, 0.3) is 0 Å². The highest BCUT2D eigenvalue weighted by molar-refractivity contribution is 5.94. The number of halogens is 3. The topological polar surface area (TPSA) is 74.8 Å². The average molecular weight is 422 g/mol. The van der Waals surface area contributed by atoms with Crippen LogP contribution in [0, 0.1) is 0 Å². The highest BCUT2D eigenvalue weighted by Crippen LogP contribution is 2.15. The van der Waals surface area contributed by atoms with Gasteiger partial charge in [-0.05, 0) is 28.8 Å². The highest BCUT2D eigenvalue weighted by Gasteiger charge is 2.27. The third-order valence-corrected chi connectivity index (χ3v) is 4.12. The van der Waals surface area contributed by atoms with Gasteiger partial charge in [-0.2, -0.15) is 13.2 Å². The van der Waals surface area contributed by atoms with Crippen molar-refractivity contribution in [2.75, 3.05) is 20.7 Å². The summed E-state index contributed by atoms with van der Waals surface area (Å²) in [4.78, 5) is 15.9. The first-order chi connectivity index (χ1) is 14.3. The lowest BCUT2D eigenvalue weighted by Gasteiger charge is -2.13. The van der Waals surface area contributed by atoms with Gasteiger partial charge in [0.15, 0.2) is 5.96 Å². The molecule has 2 aromatic rings. The van der Waals surface area contributed by atoms with E-state index in [0.29, 0.717) is 30.2 Å². The number of carbonyl (C=O) groups excluding carboxylic acids is 1. The number of amides is 1. The largest absolute Gasteiger partial charge is 0.411 e. The summed E-state index contributed by atoms with van der Waals surface area (Å²) in [5, 5.41) is 8.93. The Hall–Kier alpha value is -3.07. The van der Waals surface area contributed by atoms with Crippen molar-refractivity contribution < 1.29 is 22.7 Å². The minimum Gasteiger partial charge on any atom is -0.367 e. The highest BCUT2D eigenvalue weighted by atomic mass is 19.4. The fourth-order valence-electron chi connectivity index (χ4n) is 2.60. The van der Waals surface area contributed by atoms with Crippen molar-refractivity contribution >= 4 is 11.9 Å². The molecule has 0 spiro atoms. The number of ether oxygens (including phenoxy) is 1. The van der Waals surface area contributed by atoms with E-state index in [9.17, 15) is 18.0 Å². The van der Waals surface area contributed by atoms with Gasteiger partial charge in [0, 0.05) is 32.7 Å². The molecule has 0 aliphatic rings. The van der Waals surface area contributed by atoms with Crippen LogP contribution in [0.5, 0.6) is 0 Å². The van der Waals surface area contributed by atoms with Crippen LogP contribution in [-0.2, 0) is 24.4 Å². The molecule has 2 rings (SSSR count). The Kier molecular flexibility index (Phi) is 8.67. The fourth-order valence-corrected chi connectivity index (χ4v) is 2.60. The van der Waals surface area contributed by atoms with Crippen LogP contribution in [0.2, 0.25) is 0 Å². The molecule has 6 nitrogen and oxygen atoms in total. The lowest BCUT2D eigenvalue weighted by atomic mass is 10.1. The SMILES string of the molecule is CN=C(NCc1ccc(COCC(F)(F)F)cc1)NCc1cccc(C(=O)NC)c1. The smallest absolute Gasteiger partial charge is 0.367 e. The second-order valence-electron chi connectivity index (χ2n) is 6.48. The molecule has 0 aliphatic carbocycles. The lowest BCUT2D eigenvalue weighted by molar-refractivity contribution is -0.176. The number of nitrogens with zero attached hydrogens (tertiary/aromatic N) is 1. The van der Waals surface area contributed by atoms with Crippen LogP contribution in [-0.4, -0.2) is 38.7 Å². The zero-order valence-corrected chi connectivity index (χ0v) is 16.8. The van der Waals surface area contributed by atoms with Crippen molar-refractivity contribution in [3.05, 3.63) is 70.8 Å². The number of guanidine groups is 1. The fraction of sp³-hybridized carbons (Fsp3) is 0.333. The molecule has 3 N–H and O–H groups in total. The van der Waals surface area contributed by atoms with Crippen LogP contribution < -0.4 is 16.0 Å². The van der Waals surface area contributed by atoms with Gasteiger partial charge in [0.25, 0.3) is 5.91 Å². The first-order valence-electron chi connectivity index (χ1n) is 9.28. The van der Waals surface area contributed by atoms with E-state index >= 15 is 0 Å². The molecule has 0 saturated carbocycles. The summed E-state index contributed by atoms with van der Waals surface area (Å²) in [5.41, 5.74) is 3.13. The number of hydrogen-bond acceptors (Lipinski definition) is 3. The Balaban J connectivity index is 1.81. The predicted molar refractivity (Wildman–Crippen MR) is 109 cm³/mol. The Labute approximate surface area is 173 Å². The van der Waals surface area contributed by atoms with Crippen molar-refractivity contribution in [1.82, 2.24) is 16.0 Å². The van der Waals surface area contributed by atoms with E-state index in [0.717, 1.165) is 11.1 Å². The number of aliphatic imine (C=N–C) groups is 1. The number of hydrogen-bond donors (Lipinski definition) is 3. The van der Waals surface area contributed by atoms with Gasteiger partial charge in [-0.3, -0.25) is 9.79 Å². The van der Waals surface area contributed by atoms with Gasteiger partial charge in [-0.15, -0.1) is 0 Å². The number of benzene rings is 2. The quantitative estimate of drug-likeness (QED) is 0.452. The van der Waals surface area contributed by atoms with E-state index in [1.165, 1.54) is 0 Å². The molecular weight excluding hydrogens is 397 g/mol. The van der Waals surface area contributed by atoms with Crippen LogP contribution in [0.15, 0.2) is 53.5 Å². The van der Waals surface area contributed by atoms with Crippen molar-refractivity contribution in [2.45, 2.75) is 25.9 Å². The molecule has 9 heteroatoms. The molecule has 0 fully saturated rings. The van der Waals surface area contributed by atoms with E-state index in [2.05, 4.69) is 25.7 Å². The lowest BCUT2D eigenvalue weighted by Crippen LogP contribution is -2.36. The van der Waals surface area contributed by atoms with Gasteiger partial charge in [0.2, 0.25) is 0 Å². The van der Waals surface area contributed by atoms with Gasteiger partial charge >= 0.3 is 6.18 Å². The maximum absolute atomic E-state index is 12.1. The van der Waals surface area contributed by atoms with E-state index in [1.807, 2.05) is 24.3 Å². The Morgan fingerprint density at radius 3 is 2.23 bits per heavy atom. The zero-order valence-electron chi connectivity index (χ0n) is 16.8. The number of carbonyl (C=O) groups is 1. The molecule has 0 bridgehead atoms. The van der Waals surface area contributed by atoms with Gasteiger partial charge in [0.1, 0.15) is 6.61 Å². The monoisotopic (exact) mass is 422 g/mol. The molecule has 0 atom stereocenters. The third-order valence-electron chi connectivity index (χ3n) is 4.12. The van der Waals surface area contributed by atoms with E-state index < -0.39 is 12.8 Å². The molecule has 2 aromatic carbocycles. The zero-order chi connectivity index (χ0) is 22.0. The number of rotatable bonds is 8. The maximum atomic E-state index is 12.1. The Bertz CT molecular complexity index is 852. The first kappa shape index (κ1) is 23.2. The van der Waals surface area contributed by atoms with Gasteiger partial charge in [-0.1, -0.05) is 36.4 Å². The molecule has 0 radical (unpaired) electrons. The normalized spacial score (nSPS) is 11.8. The Morgan fingerprint density at radius 2 is 1.63 bits per heavy atom. The van der Waals surface area contributed by atoms with Gasteiger partial charge in [0.05, 0.1) is 6.61 Å². The summed E-state index contributed by atoms with van der Waals surface area (Å²) in [6, 6.07) is 14.4. The molecule has 0 unspecified atom stereocenters. The summed E-state index contributed by atoms with van der Waals surface area (Å²) in [5.74, 6) is 0.435. The summed E-state index contributed by atoms with van der Waals surface area (Å²) in [6.07, 6.45) is -4.32. The minimum atomic E-state index is -4.32. The molecule has 0 aliphatic heterocycles. The molecule has 30 heavy (non-hydrogen) atoms. The van der Waals surface area contributed by atoms with Crippen LogP contribution in [0.1, 0.15) is 27.0 Å². The molecule has 162 valence electrons. The summed E-state index contributed by atoms with van der Waals surface area (Å²) in [6.45, 7) is -0.377. The van der Waals surface area contributed by atoms with Crippen molar-refractivity contribution in [3.8, 4) is 0 Å². The summed E-state index contributed by atoms with van der Waals surface area (Å²) >= 11 is 0. The number of alkyl halides is 3. The van der Waals surface area contributed by atoms with E-state index in [-0.39, 0.29) is 12.5 Å². The van der Waals surface area contributed by atoms with Crippen molar-refractivity contribution in [1.29, 1.82) is 0 Å². The third kappa shape index (κ3) is 8.12. The second-order valence-corrected chi connectivity index (χ2v) is 6.48. The Morgan fingerprint density at radius 1 is 1.00 bits per heavy atom. The van der Waals surface area contributed by atoms with Crippen LogP contribution in [0.4, 0.5) is 13.2 Å². The van der Waals surface area contributed by atoms with E-state index in [1.54, 1.807) is 38.4 Å². The van der Waals surface area contributed by atoms with Crippen molar-refractivity contribution in [2.24, 2.45) is 4.99 Å². The molecule has 1 amide bonds. The maximum Gasteiger partial charge on any atom is 0.411 e. The molecule has 0 heterocycles. The van der Waals surface area contributed by atoms with E-state index in [4.69, 9.17) is 0 Å². The minimum absolute atomic E-state index is 0.0917. The predicted octanol–water partition coefficient (Wildman–Crippen LogP) is 2.99. The standard InChI is InChI=1S/C21H25F3N4O2/c1-25-19(29)18-5-3-4-17(10-18)12-28-20(26-2)27-11-15-6-8-16(9-7-15)13-30-14-21(22,23)24/h3-10H,11-14H2,1-2H3,(H,25,29)(H2,26,27,28).